The Labute approximate surface area is 130 Å². The van der Waals surface area contributed by atoms with Gasteiger partial charge < -0.3 is 11.1 Å². The van der Waals surface area contributed by atoms with Crippen LogP contribution in [-0.4, -0.2) is 12.0 Å². The molecule has 0 spiro atoms. The highest BCUT2D eigenvalue weighted by Crippen LogP contribution is 2.44. The quantitative estimate of drug-likeness (QED) is 0.670. The third-order valence-corrected chi connectivity index (χ3v) is 4.15. The first-order chi connectivity index (χ1) is 10.5. The van der Waals surface area contributed by atoms with Gasteiger partial charge in [0.2, 0.25) is 0 Å². The second-order valence-electron chi connectivity index (χ2n) is 5.87. The number of halogens is 1. The second-order valence-corrected chi connectivity index (χ2v) is 5.87. The number of aryl methyl sites for hydroxylation is 2. The van der Waals surface area contributed by atoms with Crippen molar-refractivity contribution in [2.45, 2.75) is 32.2 Å². The minimum atomic E-state index is -0.161. The summed E-state index contributed by atoms with van der Waals surface area (Å²) in [5.74, 6) is 0.360. The SMILES string of the molecule is Cc1ccc(NC(N)=NC2CC2c2ccccc2F)cc1C. The predicted molar refractivity (Wildman–Crippen MR) is 88.7 cm³/mol. The van der Waals surface area contributed by atoms with Gasteiger partial charge in [-0.1, -0.05) is 24.3 Å². The van der Waals surface area contributed by atoms with Gasteiger partial charge in [0.15, 0.2) is 5.96 Å². The van der Waals surface area contributed by atoms with Gasteiger partial charge in [-0.2, -0.15) is 0 Å². The van der Waals surface area contributed by atoms with E-state index in [1.54, 1.807) is 6.07 Å². The maximum absolute atomic E-state index is 13.7. The lowest BCUT2D eigenvalue weighted by atomic mass is 10.1. The van der Waals surface area contributed by atoms with Crippen molar-refractivity contribution >= 4 is 11.6 Å². The summed E-state index contributed by atoms with van der Waals surface area (Å²) in [6, 6.07) is 13.0. The fourth-order valence-electron chi connectivity index (χ4n) is 2.61. The molecule has 0 heterocycles. The molecule has 22 heavy (non-hydrogen) atoms. The Morgan fingerprint density at radius 1 is 1.18 bits per heavy atom. The second kappa shape index (κ2) is 5.79. The summed E-state index contributed by atoms with van der Waals surface area (Å²) in [7, 11) is 0. The van der Waals surface area contributed by atoms with E-state index in [-0.39, 0.29) is 17.8 Å². The van der Waals surface area contributed by atoms with Crippen LogP contribution < -0.4 is 11.1 Å². The topological polar surface area (TPSA) is 50.4 Å². The van der Waals surface area contributed by atoms with E-state index in [1.165, 1.54) is 17.2 Å². The van der Waals surface area contributed by atoms with Crippen molar-refractivity contribution in [3.63, 3.8) is 0 Å². The molecule has 0 saturated heterocycles. The standard InChI is InChI=1S/C18H20FN3/c1-11-7-8-13(9-12(11)2)21-18(20)22-17-10-15(17)14-5-3-4-6-16(14)19/h3-9,15,17H,10H2,1-2H3,(H3,20,21,22). The van der Waals surface area contributed by atoms with Gasteiger partial charge in [0.05, 0.1) is 6.04 Å². The van der Waals surface area contributed by atoms with Crippen LogP contribution in [0.15, 0.2) is 47.5 Å². The van der Waals surface area contributed by atoms with Crippen LogP contribution >= 0.6 is 0 Å². The fraction of sp³-hybridized carbons (Fsp3) is 0.278. The van der Waals surface area contributed by atoms with Crippen LogP contribution in [0.1, 0.15) is 29.0 Å². The molecular formula is C18H20FN3. The third kappa shape index (κ3) is 3.11. The van der Waals surface area contributed by atoms with Crippen molar-refractivity contribution in [3.05, 3.63) is 65.0 Å². The highest BCUT2D eigenvalue weighted by atomic mass is 19.1. The van der Waals surface area contributed by atoms with Crippen molar-refractivity contribution in [1.82, 2.24) is 0 Å². The number of hydrogen-bond donors (Lipinski definition) is 2. The molecule has 0 aliphatic heterocycles. The van der Waals surface area contributed by atoms with Gasteiger partial charge in [0.1, 0.15) is 5.82 Å². The van der Waals surface area contributed by atoms with Gasteiger partial charge in [-0.15, -0.1) is 0 Å². The summed E-state index contributed by atoms with van der Waals surface area (Å²) < 4.78 is 13.7. The average Bonchev–Trinajstić information content (AvgIpc) is 3.22. The monoisotopic (exact) mass is 297 g/mol. The van der Waals surface area contributed by atoms with Crippen molar-refractivity contribution in [2.24, 2.45) is 10.7 Å². The van der Waals surface area contributed by atoms with Crippen LogP contribution in [0.4, 0.5) is 10.1 Å². The van der Waals surface area contributed by atoms with Gasteiger partial charge in [-0.3, -0.25) is 0 Å². The first-order valence-corrected chi connectivity index (χ1v) is 7.46. The largest absolute Gasteiger partial charge is 0.370 e. The Kier molecular flexibility index (Phi) is 3.84. The predicted octanol–water partition coefficient (Wildman–Crippen LogP) is 3.73. The zero-order valence-corrected chi connectivity index (χ0v) is 12.8. The molecule has 1 saturated carbocycles. The van der Waals surface area contributed by atoms with Gasteiger partial charge >= 0.3 is 0 Å². The number of nitrogens with zero attached hydrogens (tertiary/aromatic N) is 1. The summed E-state index contributed by atoms with van der Waals surface area (Å²) in [5, 5.41) is 3.10. The lowest BCUT2D eigenvalue weighted by Crippen LogP contribution is -2.23. The molecule has 3 N–H and O–H groups in total. The Morgan fingerprint density at radius 3 is 2.68 bits per heavy atom. The summed E-state index contributed by atoms with van der Waals surface area (Å²) >= 11 is 0. The highest BCUT2D eigenvalue weighted by Gasteiger charge is 2.40. The molecule has 114 valence electrons. The number of nitrogens with one attached hydrogen (secondary N) is 1. The summed E-state index contributed by atoms with van der Waals surface area (Å²) in [6.07, 6.45) is 0.843. The molecule has 3 nitrogen and oxygen atoms in total. The molecule has 3 rings (SSSR count). The van der Waals surface area contributed by atoms with E-state index in [0.717, 1.165) is 17.7 Å². The Hall–Kier alpha value is -2.36. The van der Waals surface area contributed by atoms with Crippen LogP contribution in [0.25, 0.3) is 0 Å². The van der Waals surface area contributed by atoms with Gasteiger partial charge in [0.25, 0.3) is 0 Å². The summed E-state index contributed by atoms with van der Waals surface area (Å²) in [5.41, 5.74) is 10.1. The van der Waals surface area contributed by atoms with Crippen molar-refractivity contribution in [3.8, 4) is 0 Å². The lowest BCUT2D eigenvalue weighted by Gasteiger charge is -2.08. The zero-order chi connectivity index (χ0) is 15.7. The smallest absolute Gasteiger partial charge is 0.193 e. The zero-order valence-electron chi connectivity index (χ0n) is 12.8. The summed E-state index contributed by atoms with van der Waals surface area (Å²) in [4.78, 5) is 4.45. The van der Waals surface area contributed by atoms with E-state index in [2.05, 4.69) is 24.2 Å². The van der Waals surface area contributed by atoms with Gasteiger partial charge in [0, 0.05) is 11.6 Å². The van der Waals surface area contributed by atoms with E-state index >= 15 is 0 Å². The van der Waals surface area contributed by atoms with E-state index in [4.69, 9.17) is 5.73 Å². The fourth-order valence-corrected chi connectivity index (χ4v) is 2.61. The maximum Gasteiger partial charge on any atom is 0.193 e. The van der Waals surface area contributed by atoms with Crippen LogP contribution in [-0.2, 0) is 0 Å². The molecule has 2 unspecified atom stereocenters. The van der Waals surface area contributed by atoms with Gasteiger partial charge in [-0.25, -0.2) is 9.38 Å². The van der Waals surface area contributed by atoms with Crippen molar-refractivity contribution in [1.29, 1.82) is 0 Å². The molecule has 1 aliphatic rings. The Morgan fingerprint density at radius 2 is 1.95 bits per heavy atom. The van der Waals surface area contributed by atoms with Crippen molar-refractivity contribution in [2.75, 3.05) is 5.32 Å². The number of guanidine groups is 1. The molecule has 1 fully saturated rings. The first-order valence-electron chi connectivity index (χ1n) is 7.46. The van der Waals surface area contributed by atoms with Crippen LogP contribution in [0, 0.1) is 19.7 Å². The number of benzene rings is 2. The molecular weight excluding hydrogens is 277 g/mol. The van der Waals surface area contributed by atoms with Crippen molar-refractivity contribution < 1.29 is 4.39 Å². The normalized spacial score (nSPS) is 20.8. The van der Waals surface area contributed by atoms with Crippen LogP contribution in [0.2, 0.25) is 0 Å². The van der Waals surface area contributed by atoms with Gasteiger partial charge in [-0.05, 0) is 55.2 Å². The molecule has 2 aromatic rings. The minimum absolute atomic E-state index is 0.0657. The molecule has 4 heteroatoms. The first kappa shape index (κ1) is 14.6. The maximum atomic E-state index is 13.7. The Bertz CT molecular complexity index is 724. The molecule has 0 amide bonds. The molecule has 1 aliphatic carbocycles. The Balaban J connectivity index is 1.66. The number of rotatable bonds is 3. The number of hydrogen-bond acceptors (Lipinski definition) is 1. The van der Waals surface area contributed by atoms with Crippen LogP contribution in [0.5, 0.6) is 0 Å². The number of nitrogens with two attached hydrogens (primary N) is 1. The highest BCUT2D eigenvalue weighted by molar-refractivity contribution is 5.92. The van der Waals surface area contributed by atoms with E-state index < -0.39 is 0 Å². The minimum Gasteiger partial charge on any atom is -0.370 e. The molecule has 0 radical (unpaired) electrons. The average molecular weight is 297 g/mol. The summed E-state index contributed by atoms with van der Waals surface area (Å²) in [6.45, 7) is 4.13. The third-order valence-electron chi connectivity index (χ3n) is 4.15. The molecule has 2 atom stereocenters. The van der Waals surface area contributed by atoms with Crippen LogP contribution in [0.3, 0.4) is 0 Å². The van der Waals surface area contributed by atoms with E-state index in [1.807, 2.05) is 30.3 Å². The number of anilines is 1. The molecule has 0 bridgehead atoms. The molecule has 0 aromatic heterocycles. The van der Waals surface area contributed by atoms with E-state index in [0.29, 0.717) is 5.96 Å². The number of aliphatic imine (C=N–C) groups is 1. The molecule has 2 aromatic carbocycles. The van der Waals surface area contributed by atoms with E-state index in [9.17, 15) is 4.39 Å². The lowest BCUT2D eigenvalue weighted by molar-refractivity contribution is 0.609.